The maximum absolute atomic E-state index is 12.3. The molecule has 2 atom stereocenters. The number of rotatable bonds is 16. The normalized spacial score (nSPS) is 12.8. The Kier molecular flexibility index (Phi) is 13.5. The average Bonchev–Trinajstić information content (AvgIpc) is 2.65. The minimum atomic E-state index is -1.60. The Morgan fingerprint density at radius 1 is 0.846 bits per heavy atom. The number of benzene rings is 1. The topological polar surface area (TPSA) is 26.3 Å². The summed E-state index contributed by atoms with van der Waals surface area (Å²) >= 11 is 0. The highest BCUT2D eigenvalue weighted by molar-refractivity contribution is 7.39. The molecule has 0 spiro atoms. The largest absolute Gasteiger partial charge is 0.556 e. The summed E-state index contributed by atoms with van der Waals surface area (Å²) in [5.41, 5.74) is 1.36. The molecular weight excluding hydrogens is 339 g/mol. The number of hydrogen-bond donors (Lipinski definition) is 0. The highest BCUT2D eigenvalue weighted by atomic mass is 31.1. The molecule has 0 amide bonds. The summed E-state index contributed by atoms with van der Waals surface area (Å²) in [4.78, 5) is 0. The summed E-state index contributed by atoms with van der Waals surface area (Å²) in [7, 11) is -1.60. The summed E-state index contributed by atoms with van der Waals surface area (Å²) in [6.07, 6.45) is 15.9. The molecule has 0 aliphatic rings. The van der Waals surface area contributed by atoms with Crippen molar-refractivity contribution in [3.05, 3.63) is 29.8 Å². The van der Waals surface area contributed by atoms with Crippen LogP contribution < -0.4 is 4.52 Å². The van der Waals surface area contributed by atoms with E-state index in [1.807, 2.05) is 12.1 Å². The molecule has 0 aromatic heterocycles. The number of unbranched alkanes of at least 4 members (excludes halogenated alkanes) is 7. The molecule has 0 aliphatic heterocycles. The average molecular weight is 380 g/mol. The van der Waals surface area contributed by atoms with Crippen molar-refractivity contribution >= 4 is 8.03 Å². The molecule has 0 N–H and O–H groups in total. The molecule has 148 valence electrons. The van der Waals surface area contributed by atoms with Crippen LogP contribution in [0, 0.1) is 5.92 Å². The third-order valence-electron chi connectivity index (χ3n) is 5.15. The Morgan fingerprint density at radius 2 is 1.46 bits per heavy atom. The lowest BCUT2D eigenvalue weighted by atomic mass is 10.0. The maximum Gasteiger partial charge on any atom is 0.556 e. The second-order valence-electron chi connectivity index (χ2n) is 7.54. The fraction of sp³-hybridized carbons (Fsp3) is 0.739. The van der Waals surface area contributed by atoms with Gasteiger partial charge in [0.25, 0.3) is 0 Å². The first-order valence-electron chi connectivity index (χ1n) is 10.9. The van der Waals surface area contributed by atoms with Crippen LogP contribution in [-0.2, 0) is 11.0 Å². The van der Waals surface area contributed by atoms with Gasteiger partial charge in [0.15, 0.2) is 11.9 Å². The first-order valence-corrected chi connectivity index (χ1v) is 12.3. The van der Waals surface area contributed by atoms with Gasteiger partial charge in [-0.1, -0.05) is 84.3 Å². The lowest BCUT2D eigenvalue weighted by Gasteiger charge is -2.07. The predicted octanol–water partition coefficient (Wildman–Crippen LogP) is 8.32. The van der Waals surface area contributed by atoms with E-state index in [9.17, 15) is 4.57 Å². The summed E-state index contributed by atoms with van der Waals surface area (Å²) in [5, 5.41) is 0. The van der Waals surface area contributed by atoms with Crippen LogP contribution in [0.5, 0.6) is 5.75 Å². The molecule has 2 nitrogen and oxygen atoms in total. The zero-order chi connectivity index (χ0) is 19.0. The van der Waals surface area contributed by atoms with Crippen LogP contribution in [0.1, 0.15) is 97.0 Å². The van der Waals surface area contributed by atoms with Gasteiger partial charge in [0.2, 0.25) is 0 Å². The summed E-state index contributed by atoms with van der Waals surface area (Å²) < 4.78 is 17.9. The van der Waals surface area contributed by atoms with E-state index in [-0.39, 0.29) is 0 Å². The third kappa shape index (κ3) is 11.0. The van der Waals surface area contributed by atoms with Gasteiger partial charge in [0, 0.05) is 5.92 Å². The van der Waals surface area contributed by atoms with Crippen LogP contribution in [0.15, 0.2) is 24.3 Å². The molecule has 0 aliphatic carbocycles. The van der Waals surface area contributed by atoms with Crippen molar-refractivity contribution < 1.29 is 9.09 Å². The quantitative estimate of drug-likeness (QED) is 0.213. The summed E-state index contributed by atoms with van der Waals surface area (Å²) in [6, 6.07) is 8.22. The molecule has 1 rings (SSSR count). The molecule has 0 heterocycles. The molecule has 26 heavy (non-hydrogen) atoms. The van der Waals surface area contributed by atoms with Gasteiger partial charge < -0.3 is 0 Å². The Morgan fingerprint density at radius 3 is 2.08 bits per heavy atom. The van der Waals surface area contributed by atoms with E-state index in [1.54, 1.807) is 0 Å². The standard InChI is InChI=1S/C23H40O2P/c1-4-7-9-10-11-12-13-15-22-16-18-23(19-17-22)25-26(24)20-21(6-3)14-8-5-2/h16-19,21H,4-15,20H2,1-3H3/q+1. The van der Waals surface area contributed by atoms with Crippen molar-refractivity contribution in [1.82, 2.24) is 0 Å². The Labute approximate surface area is 163 Å². The zero-order valence-corrected chi connectivity index (χ0v) is 18.2. The van der Waals surface area contributed by atoms with Crippen LogP contribution in [0.25, 0.3) is 0 Å². The van der Waals surface area contributed by atoms with Gasteiger partial charge >= 0.3 is 8.03 Å². The Bertz CT molecular complexity index is 470. The predicted molar refractivity (Wildman–Crippen MR) is 115 cm³/mol. The van der Waals surface area contributed by atoms with E-state index < -0.39 is 8.03 Å². The smallest absolute Gasteiger partial charge is 0.254 e. The highest BCUT2D eigenvalue weighted by Crippen LogP contribution is 2.32. The van der Waals surface area contributed by atoms with Gasteiger partial charge in [-0.25, -0.2) is 0 Å². The summed E-state index contributed by atoms with van der Waals surface area (Å²) in [5.74, 6) is 1.27. The van der Waals surface area contributed by atoms with Gasteiger partial charge in [-0.15, -0.1) is 0 Å². The third-order valence-corrected chi connectivity index (χ3v) is 6.38. The minimum Gasteiger partial charge on any atom is -0.254 e. The molecule has 2 unspecified atom stereocenters. The molecule has 1 aromatic carbocycles. The molecular formula is C23H40O2P+. The van der Waals surface area contributed by atoms with E-state index in [1.165, 1.54) is 63.4 Å². The molecule has 0 bridgehead atoms. The molecule has 0 fully saturated rings. The van der Waals surface area contributed by atoms with Crippen LogP contribution in [0.4, 0.5) is 0 Å². The van der Waals surface area contributed by atoms with Crippen molar-refractivity contribution in [2.75, 3.05) is 6.16 Å². The fourth-order valence-corrected chi connectivity index (χ4v) is 4.58. The van der Waals surface area contributed by atoms with E-state index in [0.29, 0.717) is 12.1 Å². The highest BCUT2D eigenvalue weighted by Gasteiger charge is 2.24. The van der Waals surface area contributed by atoms with Crippen molar-refractivity contribution in [1.29, 1.82) is 0 Å². The number of aryl methyl sites for hydroxylation is 1. The number of hydrogen-bond acceptors (Lipinski definition) is 2. The first kappa shape index (κ1) is 23.2. The van der Waals surface area contributed by atoms with Crippen LogP contribution >= 0.6 is 8.03 Å². The summed E-state index contributed by atoms with van der Waals surface area (Å²) in [6.45, 7) is 6.65. The van der Waals surface area contributed by atoms with Crippen molar-refractivity contribution in [3.8, 4) is 5.75 Å². The second kappa shape index (κ2) is 15.2. The monoisotopic (exact) mass is 379 g/mol. The fourth-order valence-electron chi connectivity index (χ4n) is 3.29. The van der Waals surface area contributed by atoms with Gasteiger partial charge in [-0.3, -0.25) is 4.52 Å². The first-order chi connectivity index (χ1) is 12.7. The van der Waals surface area contributed by atoms with Crippen molar-refractivity contribution in [3.63, 3.8) is 0 Å². The van der Waals surface area contributed by atoms with Crippen LogP contribution in [0.3, 0.4) is 0 Å². The lowest BCUT2D eigenvalue weighted by molar-refractivity contribution is 0.456. The van der Waals surface area contributed by atoms with E-state index >= 15 is 0 Å². The molecule has 0 saturated carbocycles. The molecule has 3 heteroatoms. The Hall–Kier alpha value is -0.880. The van der Waals surface area contributed by atoms with Crippen molar-refractivity contribution in [2.45, 2.75) is 97.8 Å². The van der Waals surface area contributed by atoms with E-state index in [2.05, 4.69) is 32.9 Å². The van der Waals surface area contributed by atoms with Crippen LogP contribution in [0.2, 0.25) is 0 Å². The molecule has 0 saturated heterocycles. The zero-order valence-electron chi connectivity index (χ0n) is 17.3. The van der Waals surface area contributed by atoms with Gasteiger partial charge in [0.05, 0.1) is 0 Å². The van der Waals surface area contributed by atoms with Gasteiger partial charge in [-0.2, -0.15) is 0 Å². The lowest BCUT2D eigenvalue weighted by Crippen LogP contribution is -2.03. The van der Waals surface area contributed by atoms with Crippen molar-refractivity contribution in [2.24, 2.45) is 5.92 Å². The second-order valence-corrected chi connectivity index (χ2v) is 8.75. The van der Waals surface area contributed by atoms with Gasteiger partial charge in [0.1, 0.15) is 0 Å². The van der Waals surface area contributed by atoms with E-state index in [4.69, 9.17) is 4.52 Å². The van der Waals surface area contributed by atoms with Crippen LogP contribution in [-0.4, -0.2) is 6.16 Å². The maximum atomic E-state index is 12.3. The molecule has 1 aromatic rings. The van der Waals surface area contributed by atoms with Gasteiger partial charge in [-0.05, 0) is 47.9 Å². The molecule has 0 radical (unpaired) electrons. The minimum absolute atomic E-state index is 0.523. The Balaban J connectivity index is 2.25. The van der Waals surface area contributed by atoms with E-state index in [0.717, 1.165) is 25.0 Å². The SMILES string of the molecule is CCCCCCCCCc1ccc(O[P+](=O)CC(CC)CCCC)cc1.